The average molecular weight is 228 g/mol. The molecule has 1 N–H and O–H groups in total. The first-order valence-electron chi connectivity index (χ1n) is 5.07. The van der Waals surface area contributed by atoms with Gasteiger partial charge in [-0.25, -0.2) is 4.98 Å². The number of rotatable bonds is 3. The van der Waals surface area contributed by atoms with Gasteiger partial charge in [0.25, 0.3) is 0 Å². The minimum absolute atomic E-state index is 0.726. The number of hydrogen-bond donors (Lipinski definition) is 1. The van der Waals surface area contributed by atoms with Crippen LogP contribution >= 0.6 is 23.1 Å². The van der Waals surface area contributed by atoms with Gasteiger partial charge in [0.2, 0.25) is 0 Å². The summed E-state index contributed by atoms with van der Waals surface area (Å²) in [5, 5.41) is 6.67. The number of nitrogens with one attached hydrogen (secondary N) is 1. The molecule has 0 spiro atoms. The predicted octanol–water partition coefficient (Wildman–Crippen LogP) is 2.47. The Morgan fingerprint density at radius 2 is 2.57 bits per heavy atom. The van der Waals surface area contributed by atoms with Gasteiger partial charge >= 0.3 is 0 Å². The van der Waals surface area contributed by atoms with Gasteiger partial charge in [-0.1, -0.05) is 0 Å². The van der Waals surface area contributed by atoms with Gasteiger partial charge < -0.3 is 5.32 Å². The minimum Gasteiger partial charge on any atom is -0.314 e. The molecule has 0 radical (unpaired) electrons. The summed E-state index contributed by atoms with van der Waals surface area (Å²) in [5.41, 5.74) is 1.20. The van der Waals surface area contributed by atoms with E-state index in [1.54, 1.807) is 0 Å². The largest absolute Gasteiger partial charge is 0.314 e. The molecule has 4 heteroatoms. The number of thiazole rings is 1. The smallest absolute Gasteiger partial charge is 0.0968 e. The molecule has 0 amide bonds. The maximum absolute atomic E-state index is 4.67. The van der Waals surface area contributed by atoms with Crippen LogP contribution in [0.2, 0.25) is 0 Å². The molecule has 1 aliphatic heterocycles. The molecule has 78 valence electrons. The monoisotopic (exact) mass is 228 g/mol. The van der Waals surface area contributed by atoms with Gasteiger partial charge in [-0.15, -0.1) is 11.3 Å². The summed E-state index contributed by atoms with van der Waals surface area (Å²) < 4.78 is 0. The number of thioether (sulfide) groups is 1. The third-order valence-electron chi connectivity index (χ3n) is 2.44. The molecule has 2 heterocycles. The summed E-state index contributed by atoms with van der Waals surface area (Å²) in [5.74, 6) is 3.34. The third-order valence-corrected chi connectivity index (χ3v) is 4.71. The first-order chi connectivity index (χ1) is 6.90. The van der Waals surface area contributed by atoms with Gasteiger partial charge in [0, 0.05) is 23.6 Å². The van der Waals surface area contributed by atoms with Gasteiger partial charge in [-0.3, -0.25) is 0 Å². The van der Waals surface area contributed by atoms with Crippen molar-refractivity contribution in [2.24, 2.45) is 0 Å². The number of aromatic nitrogens is 1. The Bertz CT molecular complexity index is 279. The Morgan fingerprint density at radius 1 is 1.64 bits per heavy atom. The van der Waals surface area contributed by atoms with Crippen molar-refractivity contribution in [1.82, 2.24) is 10.3 Å². The normalized spacial score (nSPS) is 22.5. The van der Waals surface area contributed by atoms with Crippen LogP contribution in [-0.2, 0) is 6.54 Å². The Labute approximate surface area is 93.5 Å². The van der Waals surface area contributed by atoms with E-state index in [4.69, 9.17) is 0 Å². The van der Waals surface area contributed by atoms with Crippen molar-refractivity contribution in [2.75, 3.05) is 18.6 Å². The molecule has 1 atom stereocenters. The highest BCUT2D eigenvalue weighted by Gasteiger charge is 2.18. The van der Waals surface area contributed by atoms with Crippen molar-refractivity contribution in [1.29, 1.82) is 0 Å². The average Bonchev–Trinajstić information content (AvgIpc) is 2.68. The number of nitrogens with zero attached hydrogens (tertiary/aromatic N) is 1. The van der Waals surface area contributed by atoms with Crippen molar-refractivity contribution in [3.8, 4) is 0 Å². The molecule has 1 unspecified atom stereocenters. The Morgan fingerprint density at radius 3 is 3.29 bits per heavy atom. The van der Waals surface area contributed by atoms with Gasteiger partial charge in [0.1, 0.15) is 0 Å². The molecule has 0 aliphatic carbocycles. The summed E-state index contributed by atoms with van der Waals surface area (Å²) in [6, 6.07) is 0. The van der Waals surface area contributed by atoms with Crippen molar-refractivity contribution in [3.63, 3.8) is 0 Å². The third kappa shape index (κ3) is 2.49. The molecule has 0 bridgehead atoms. The quantitative estimate of drug-likeness (QED) is 0.860. The standard InChI is InChI=1S/C10H16N2S2/c1-11-5-9-7-14-10(12-9)8-3-2-4-13-6-8/h7-8,11H,2-6H2,1H3. The van der Waals surface area contributed by atoms with Crippen molar-refractivity contribution in [2.45, 2.75) is 25.3 Å². The number of hydrogen-bond acceptors (Lipinski definition) is 4. The molecule has 2 nitrogen and oxygen atoms in total. The molecule has 2 rings (SSSR count). The molecule has 1 saturated heterocycles. The highest BCUT2D eigenvalue weighted by atomic mass is 32.2. The van der Waals surface area contributed by atoms with Crippen LogP contribution in [0.5, 0.6) is 0 Å². The first-order valence-corrected chi connectivity index (χ1v) is 7.10. The zero-order valence-electron chi connectivity index (χ0n) is 8.45. The first kappa shape index (κ1) is 10.5. The highest BCUT2D eigenvalue weighted by Crippen LogP contribution is 2.32. The van der Waals surface area contributed by atoms with E-state index in [0.717, 1.165) is 12.5 Å². The molecular formula is C10H16N2S2. The van der Waals surface area contributed by atoms with E-state index in [9.17, 15) is 0 Å². The summed E-state index contributed by atoms with van der Waals surface area (Å²) in [7, 11) is 1.97. The molecule has 0 aromatic carbocycles. The highest BCUT2D eigenvalue weighted by molar-refractivity contribution is 7.99. The Hall–Kier alpha value is -0.0600. The van der Waals surface area contributed by atoms with E-state index >= 15 is 0 Å². The zero-order valence-corrected chi connectivity index (χ0v) is 10.1. The lowest BCUT2D eigenvalue weighted by Gasteiger charge is -2.18. The van der Waals surface area contributed by atoms with E-state index in [1.807, 2.05) is 18.4 Å². The Balaban J connectivity index is 2.00. The van der Waals surface area contributed by atoms with Crippen LogP contribution < -0.4 is 5.32 Å². The lowest BCUT2D eigenvalue weighted by Crippen LogP contribution is -2.09. The fourth-order valence-electron chi connectivity index (χ4n) is 1.71. The van der Waals surface area contributed by atoms with E-state index in [1.165, 1.54) is 35.0 Å². The molecular weight excluding hydrogens is 212 g/mol. The van der Waals surface area contributed by atoms with Crippen LogP contribution in [0.4, 0.5) is 0 Å². The van der Waals surface area contributed by atoms with Gasteiger partial charge in [-0.2, -0.15) is 11.8 Å². The maximum Gasteiger partial charge on any atom is 0.0968 e. The van der Waals surface area contributed by atoms with Crippen molar-refractivity contribution < 1.29 is 0 Å². The van der Waals surface area contributed by atoms with Crippen molar-refractivity contribution in [3.05, 3.63) is 16.1 Å². The fourth-order valence-corrected chi connectivity index (χ4v) is 3.92. The summed E-state index contributed by atoms with van der Waals surface area (Å²) >= 11 is 3.90. The topological polar surface area (TPSA) is 24.9 Å². The van der Waals surface area contributed by atoms with Crippen LogP contribution in [0.15, 0.2) is 5.38 Å². The van der Waals surface area contributed by atoms with Crippen LogP contribution in [0.1, 0.15) is 29.5 Å². The van der Waals surface area contributed by atoms with E-state index in [2.05, 4.69) is 27.4 Å². The van der Waals surface area contributed by atoms with Gasteiger partial charge in [-0.05, 0) is 25.6 Å². The minimum atomic E-state index is 0.726. The van der Waals surface area contributed by atoms with E-state index in [-0.39, 0.29) is 0 Å². The molecule has 1 fully saturated rings. The molecule has 1 aromatic rings. The second kappa shape index (κ2) is 5.14. The van der Waals surface area contributed by atoms with Gasteiger partial charge in [0.15, 0.2) is 0 Å². The van der Waals surface area contributed by atoms with Crippen LogP contribution in [-0.4, -0.2) is 23.5 Å². The Kier molecular flexibility index (Phi) is 3.84. The van der Waals surface area contributed by atoms with E-state index < -0.39 is 0 Å². The predicted molar refractivity (Wildman–Crippen MR) is 64.2 cm³/mol. The lowest BCUT2D eigenvalue weighted by molar-refractivity contribution is 0.651. The summed E-state index contributed by atoms with van der Waals surface area (Å²) in [6.07, 6.45) is 2.69. The fraction of sp³-hybridized carbons (Fsp3) is 0.700. The molecule has 14 heavy (non-hydrogen) atoms. The molecule has 1 aromatic heterocycles. The van der Waals surface area contributed by atoms with E-state index in [0.29, 0.717) is 0 Å². The summed E-state index contributed by atoms with van der Waals surface area (Å²) in [4.78, 5) is 4.67. The molecule has 1 aliphatic rings. The molecule has 0 saturated carbocycles. The summed E-state index contributed by atoms with van der Waals surface area (Å²) in [6.45, 7) is 0.899. The second-order valence-corrected chi connectivity index (χ2v) is 5.66. The van der Waals surface area contributed by atoms with Crippen molar-refractivity contribution >= 4 is 23.1 Å². The van der Waals surface area contributed by atoms with Crippen LogP contribution in [0.25, 0.3) is 0 Å². The lowest BCUT2D eigenvalue weighted by atomic mass is 10.1. The maximum atomic E-state index is 4.67. The zero-order chi connectivity index (χ0) is 9.80. The second-order valence-electron chi connectivity index (χ2n) is 3.62. The SMILES string of the molecule is CNCc1csc(C2CCCSC2)n1. The van der Waals surface area contributed by atoms with Crippen LogP contribution in [0, 0.1) is 0 Å². The van der Waals surface area contributed by atoms with Crippen LogP contribution in [0.3, 0.4) is 0 Å². The van der Waals surface area contributed by atoms with Gasteiger partial charge in [0.05, 0.1) is 10.7 Å².